The van der Waals surface area contributed by atoms with Crippen LogP contribution in [0.1, 0.15) is 37.8 Å². The van der Waals surface area contributed by atoms with E-state index in [1.165, 1.54) is 19.3 Å². The van der Waals surface area contributed by atoms with Gasteiger partial charge in [0.05, 0.1) is 11.2 Å². The molecule has 0 radical (unpaired) electrons. The fourth-order valence-electron chi connectivity index (χ4n) is 3.38. The molecule has 1 aliphatic carbocycles. The first-order valence-corrected chi connectivity index (χ1v) is 7.13. The quantitative estimate of drug-likeness (QED) is 0.691. The molecule has 0 aromatic carbocycles. The molecular formula is C14H14N4S. The van der Waals surface area contributed by atoms with Crippen LogP contribution in [0.2, 0.25) is 0 Å². The van der Waals surface area contributed by atoms with Crippen LogP contribution in [0.3, 0.4) is 0 Å². The summed E-state index contributed by atoms with van der Waals surface area (Å²) in [7, 11) is 0. The van der Waals surface area contributed by atoms with Crippen molar-refractivity contribution in [3.8, 4) is 0 Å². The molecule has 3 heterocycles. The maximum atomic E-state index is 5.39. The lowest BCUT2D eigenvalue weighted by atomic mass is 9.81. The SMILES string of the molecule is S=C1N=CC2(CCCCC2)n2c1cc1cncnc12. The van der Waals surface area contributed by atoms with Crippen molar-refractivity contribution in [2.75, 3.05) is 0 Å². The van der Waals surface area contributed by atoms with Gasteiger partial charge in [0.15, 0.2) is 0 Å². The molecule has 1 saturated carbocycles. The van der Waals surface area contributed by atoms with Crippen LogP contribution in [0.15, 0.2) is 23.6 Å². The molecule has 1 fully saturated rings. The van der Waals surface area contributed by atoms with Crippen molar-refractivity contribution in [3.05, 3.63) is 24.3 Å². The molecule has 2 aliphatic rings. The molecule has 2 aromatic heterocycles. The number of rotatable bonds is 0. The largest absolute Gasteiger partial charge is 0.312 e. The summed E-state index contributed by atoms with van der Waals surface area (Å²) in [5.41, 5.74) is 1.99. The number of nitrogens with zero attached hydrogens (tertiary/aromatic N) is 4. The molecule has 4 nitrogen and oxygen atoms in total. The first kappa shape index (κ1) is 11.2. The highest BCUT2D eigenvalue weighted by atomic mass is 32.1. The molecule has 2 aromatic rings. The van der Waals surface area contributed by atoms with Crippen molar-refractivity contribution < 1.29 is 0 Å². The molecule has 4 rings (SSSR count). The molecule has 19 heavy (non-hydrogen) atoms. The average Bonchev–Trinajstić information content (AvgIpc) is 2.85. The normalized spacial score (nSPS) is 20.9. The first-order valence-electron chi connectivity index (χ1n) is 6.72. The Kier molecular flexibility index (Phi) is 2.33. The van der Waals surface area contributed by atoms with Crippen LogP contribution >= 0.6 is 12.2 Å². The van der Waals surface area contributed by atoms with Crippen LogP contribution in [-0.4, -0.2) is 25.7 Å². The van der Waals surface area contributed by atoms with Gasteiger partial charge in [0, 0.05) is 17.8 Å². The smallest absolute Gasteiger partial charge is 0.149 e. The molecule has 0 saturated heterocycles. The zero-order chi connectivity index (χ0) is 12.9. The minimum atomic E-state index is -0.0218. The van der Waals surface area contributed by atoms with E-state index in [1.54, 1.807) is 6.33 Å². The molecule has 0 unspecified atom stereocenters. The Morgan fingerprint density at radius 2 is 2.05 bits per heavy atom. The van der Waals surface area contributed by atoms with Gasteiger partial charge in [-0.2, -0.15) is 0 Å². The first-order chi connectivity index (χ1) is 9.30. The minimum absolute atomic E-state index is 0.0218. The third-order valence-electron chi connectivity index (χ3n) is 4.27. The van der Waals surface area contributed by atoms with Crippen molar-refractivity contribution in [1.82, 2.24) is 14.5 Å². The summed E-state index contributed by atoms with van der Waals surface area (Å²) in [5, 5.41) is 1.05. The monoisotopic (exact) mass is 270 g/mol. The number of aromatic nitrogens is 3. The lowest BCUT2D eigenvalue weighted by Gasteiger charge is -2.39. The van der Waals surface area contributed by atoms with Gasteiger partial charge in [-0.3, -0.25) is 0 Å². The fraction of sp³-hybridized carbons (Fsp3) is 0.429. The number of fused-ring (bicyclic) bond motifs is 4. The summed E-state index contributed by atoms with van der Waals surface area (Å²) >= 11 is 5.39. The van der Waals surface area contributed by atoms with E-state index in [2.05, 4.69) is 31.8 Å². The van der Waals surface area contributed by atoms with Crippen molar-refractivity contribution in [3.63, 3.8) is 0 Å². The highest BCUT2D eigenvalue weighted by molar-refractivity contribution is 7.80. The van der Waals surface area contributed by atoms with Crippen LogP contribution in [0.5, 0.6) is 0 Å². The fourth-order valence-corrected chi connectivity index (χ4v) is 3.58. The maximum absolute atomic E-state index is 5.39. The van der Waals surface area contributed by atoms with Gasteiger partial charge < -0.3 is 4.57 Å². The van der Waals surface area contributed by atoms with Crippen molar-refractivity contribution in [2.45, 2.75) is 37.6 Å². The van der Waals surface area contributed by atoms with Gasteiger partial charge in [-0.15, -0.1) is 0 Å². The Morgan fingerprint density at radius 1 is 1.21 bits per heavy atom. The lowest BCUT2D eigenvalue weighted by Crippen LogP contribution is -2.41. The highest BCUT2D eigenvalue weighted by Crippen LogP contribution is 2.39. The van der Waals surface area contributed by atoms with Crippen molar-refractivity contribution >= 4 is 34.5 Å². The van der Waals surface area contributed by atoms with Crippen LogP contribution in [-0.2, 0) is 5.54 Å². The standard InChI is InChI=1S/C14H14N4S/c19-13-11-6-10-7-15-9-17-12(10)18(11)14(8-16-13)4-2-1-3-5-14/h6-9H,1-5H2. The van der Waals surface area contributed by atoms with E-state index in [-0.39, 0.29) is 5.54 Å². The Morgan fingerprint density at radius 3 is 2.89 bits per heavy atom. The van der Waals surface area contributed by atoms with Crippen molar-refractivity contribution in [2.24, 2.45) is 4.99 Å². The number of thiocarbonyl (C=S) groups is 1. The third kappa shape index (κ3) is 1.51. The second-order valence-corrected chi connectivity index (χ2v) is 5.78. The number of aliphatic imine (C=N–C) groups is 1. The molecule has 96 valence electrons. The van der Waals surface area contributed by atoms with E-state index in [4.69, 9.17) is 12.2 Å². The van der Waals surface area contributed by atoms with Gasteiger partial charge in [-0.05, 0) is 18.9 Å². The number of hydrogen-bond donors (Lipinski definition) is 0. The van der Waals surface area contributed by atoms with E-state index < -0.39 is 0 Å². The molecule has 0 atom stereocenters. The molecule has 1 spiro atoms. The predicted molar refractivity (Wildman–Crippen MR) is 78.8 cm³/mol. The zero-order valence-electron chi connectivity index (χ0n) is 10.5. The molecule has 0 bridgehead atoms. The summed E-state index contributed by atoms with van der Waals surface area (Å²) in [6.45, 7) is 0. The Labute approximate surface area is 116 Å². The molecule has 1 aliphatic heterocycles. The average molecular weight is 270 g/mol. The maximum Gasteiger partial charge on any atom is 0.149 e. The molecule has 0 N–H and O–H groups in total. The van der Waals surface area contributed by atoms with Gasteiger partial charge in [-0.1, -0.05) is 31.5 Å². The summed E-state index contributed by atoms with van der Waals surface area (Å²) < 4.78 is 2.30. The second-order valence-electron chi connectivity index (χ2n) is 5.39. The Balaban J connectivity index is 2.03. The summed E-state index contributed by atoms with van der Waals surface area (Å²) in [5.74, 6) is 0. The summed E-state index contributed by atoms with van der Waals surface area (Å²) in [6.07, 6.45) is 11.6. The van der Waals surface area contributed by atoms with Crippen molar-refractivity contribution in [1.29, 1.82) is 0 Å². The molecule has 0 amide bonds. The van der Waals surface area contributed by atoms with Crippen LogP contribution in [0.25, 0.3) is 11.0 Å². The topological polar surface area (TPSA) is 43.1 Å². The van der Waals surface area contributed by atoms with Crippen LogP contribution < -0.4 is 0 Å². The Hall–Kier alpha value is -1.62. The Bertz CT molecular complexity index is 695. The highest BCUT2D eigenvalue weighted by Gasteiger charge is 2.38. The summed E-state index contributed by atoms with van der Waals surface area (Å²) in [4.78, 5) is 13.7. The van der Waals surface area contributed by atoms with Crippen LogP contribution in [0.4, 0.5) is 0 Å². The van der Waals surface area contributed by atoms with Gasteiger partial charge in [-0.25, -0.2) is 15.0 Å². The van der Waals surface area contributed by atoms with E-state index in [0.717, 1.165) is 29.6 Å². The van der Waals surface area contributed by atoms with Crippen LogP contribution in [0, 0.1) is 0 Å². The van der Waals surface area contributed by atoms with E-state index in [9.17, 15) is 0 Å². The van der Waals surface area contributed by atoms with Gasteiger partial charge >= 0.3 is 0 Å². The predicted octanol–water partition coefficient (Wildman–Crippen LogP) is 2.85. The molecule has 5 heteroatoms. The number of hydrogen-bond acceptors (Lipinski definition) is 3. The van der Waals surface area contributed by atoms with E-state index in [0.29, 0.717) is 4.99 Å². The molecular weight excluding hydrogens is 256 g/mol. The van der Waals surface area contributed by atoms with Gasteiger partial charge in [0.2, 0.25) is 0 Å². The van der Waals surface area contributed by atoms with Gasteiger partial charge in [0.25, 0.3) is 0 Å². The van der Waals surface area contributed by atoms with E-state index in [1.807, 2.05) is 6.20 Å². The third-order valence-corrected chi connectivity index (χ3v) is 4.58. The zero-order valence-corrected chi connectivity index (χ0v) is 11.4. The summed E-state index contributed by atoms with van der Waals surface area (Å²) in [6, 6.07) is 2.07. The van der Waals surface area contributed by atoms with E-state index >= 15 is 0 Å². The van der Waals surface area contributed by atoms with Gasteiger partial charge in [0.1, 0.15) is 17.0 Å². The minimum Gasteiger partial charge on any atom is -0.312 e. The lowest BCUT2D eigenvalue weighted by molar-refractivity contribution is 0.291. The second kappa shape index (κ2) is 3.93.